The van der Waals surface area contributed by atoms with E-state index in [0.29, 0.717) is 5.02 Å². The lowest BCUT2D eigenvalue weighted by molar-refractivity contribution is -0.384. The van der Waals surface area contributed by atoms with Crippen LogP contribution in [0, 0.1) is 16.0 Å². The number of benzene rings is 1. The van der Waals surface area contributed by atoms with E-state index in [0.717, 1.165) is 50.6 Å². The number of nitro benzene ring substituents is 1. The molecule has 0 atom stereocenters. The van der Waals surface area contributed by atoms with Crippen molar-refractivity contribution >= 4 is 23.0 Å². The van der Waals surface area contributed by atoms with Crippen molar-refractivity contribution in [2.24, 2.45) is 5.92 Å². The average Bonchev–Trinajstić information content (AvgIpc) is 2.58. The quantitative estimate of drug-likeness (QED) is 0.616. The maximum atomic E-state index is 10.8. The minimum atomic E-state index is -0.405. The molecule has 0 aromatic heterocycles. The molecule has 0 aliphatic carbocycles. The third-order valence-corrected chi connectivity index (χ3v) is 5.51. The van der Waals surface area contributed by atoms with Crippen molar-refractivity contribution < 1.29 is 4.92 Å². The van der Waals surface area contributed by atoms with E-state index in [1.807, 2.05) is 0 Å². The van der Waals surface area contributed by atoms with Gasteiger partial charge in [0.15, 0.2) is 0 Å². The maximum Gasteiger partial charge on any atom is 0.271 e. The number of non-ortho nitro benzene ring substituents is 1. The monoisotopic (exact) mass is 352 g/mol. The Bertz CT molecular complexity index is 582. The van der Waals surface area contributed by atoms with E-state index in [4.69, 9.17) is 11.6 Å². The fourth-order valence-corrected chi connectivity index (χ4v) is 3.91. The molecule has 0 radical (unpaired) electrons. The Morgan fingerprint density at radius 3 is 2.42 bits per heavy atom. The first kappa shape index (κ1) is 17.5. The first-order valence-electron chi connectivity index (χ1n) is 8.62. The van der Waals surface area contributed by atoms with E-state index < -0.39 is 4.92 Å². The zero-order chi connectivity index (χ0) is 17.1. The van der Waals surface area contributed by atoms with Gasteiger partial charge in [-0.2, -0.15) is 0 Å². The molecule has 2 aliphatic heterocycles. The molecule has 2 heterocycles. The van der Waals surface area contributed by atoms with Crippen LogP contribution in [0.15, 0.2) is 18.2 Å². The second-order valence-electron chi connectivity index (χ2n) is 6.93. The number of likely N-dealkylation sites (N-methyl/N-ethyl adjacent to an activating group) is 1. The first-order chi connectivity index (χ1) is 11.5. The molecule has 0 bridgehead atoms. The van der Waals surface area contributed by atoms with Gasteiger partial charge in [0.05, 0.1) is 15.6 Å². The van der Waals surface area contributed by atoms with Gasteiger partial charge in [0.2, 0.25) is 0 Å². The summed E-state index contributed by atoms with van der Waals surface area (Å²) in [4.78, 5) is 17.6. The largest absolute Gasteiger partial charge is 0.370 e. The number of nitro groups is 1. The molecule has 132 valence electrons. The molecule has 3 rings (SSSR count). The summed E-state index contributed by atoms with van der Waals surface area (Å²) >= 11 is 6.25. The summed E-state index contributed by atoms with van der Waals surface area (Å²) in [5.74, 6) is 0.737. The Hall–Kier alpha value is -1.37. The van der Waals surface area contributed by atoms with E-state index in [2.05, 4.69) is 21.7 Å². The van der Waals surface area contributed by atoms with E-state index >= 15 is 0 Å². The molecule has 0 amide bonds. The molecule has 1 aromatic carbocycles. The molecule has 0 N–H and O–H groups in total. The van der Waals surface area contributed by atoms with E-state index in [1.54, 1.807) is 6.07 Å². The predicted octanol–water partition coefficient (Wildman–Crippen LogP) is 2.71. The number of halogens is 1. The Morgan fingerprint density at radius 1 is 1.17 bits per heavy atom. The Kier molecular flexibility index (Phi) is 5.58. The van der Waals surface area contributed by atoms with Crippen LogP contribution in [0.2, 0.25) is 5.02 Å². The molecule has 1 aromatic rings. The number of anilines is 1. The molecule has 0 unspecified atom stereocenters. The van der Waals surface area contributed by atoms with Crippen molar-refractivity contribution in [2.45, 2.75) is 12.8 Å². The van der Waals surface area contributed by atoms with E-state index in [9.17, 15) is 10.1 Å². The Balaban J connectivity index is 1.52. The van der Waals surface area contributed by atoms with Gasteiger partial charge in [0.25, 0.3) is 5.69 Å². The van der Waals surface area contributed by atoms with Crippen LogP contribution in [0.5, 0.6) is 0 Å². The molecular weight excluding hydrogens is 328 g/mol. The summed E-state index contributed by atoms with van der Waals surface area (Å²) in [6.45, 7) is 7.80. The van der Waals surface area contributed by atoms with Gasteiger partial charge in [-0.3, -0.25) is 10.1 Å². The smallest absolute Gasteiger partial charge is 0.271 e. The van der Waals surface area contributed by atoms with Crippen LogP contribution in [-0.4, -0.2) is 67.6 Å². The molecule has 0 saturated carbocycles. The molecule has 0 spiro atoms. The highest BCUT2D eigenvalue weighted by molar-refractivity contribution is 6.33. The third-order valence-electron chi connectivity index (χ3n) is 5.21. The van der Waals surface area contributed by atoms with Crippen LogP contribution < -0.4 is 4.90 Å². The van der Waals surface area contributed by atoms with Crippen LogP contribution in [0.4, 0.5) is 11.4 Å². The van der Waals surface area contributed by atoms with Gasteiger partial charge in [-0.25, -0.2) is 0 Å². The van der Waals surface area contributed by atoms with Gasteiger partial charge in [-0.15, -0.1) is 0 Å². The standard InChI is InChI=1S/C17H25ClN4O2/c1-19-8-10-20(11-9-19)13-14-4-6-21(7-5-14)17-3-2-15(22(23)24)12-16(17)18/h2-3,12,14H,4-11,13H2,1H3. The fraction of sp³-hybridized carbons (Fsp3) is 0.647. The molecular formula is C17H25ClN4O2. The highest BCUT2D eigenvalue weighted by Crippen LogP contribution is 2.32. The molecule has 2 saturated heterocycles. The Morgan fingerprint density at radius 2 is 1.83 bits per heavy atom. The summed E-state index contributed by atoms with van der Waals surface area (Å²) in [6, 6.07) is 4.77. The lowest BCUT2D eigenvalue weighted by Gasteiger charge is -2.38. The van der Waals surface area contributed by atoms with Crippen LogP contribution in [0.1, 0.15) is 12.8 Å². The minimum Gasteiger partial charge on any atom is -0.370 e. The predicted molar refractivity (Wildman–Crippen MR) is 97.0 cm³/mol. The van der Waals surface area contributed by atoms with Gasteiger partial charge < -0.3 is 14.7 Å². The first-order valence-corrected chi connectivity index (χ1v) is 9.00. The zero-order valence-electron chi connectivity index (χ0n) is 14.2. The highest BCUT2D eigenvalue weighted by atomic mass is 35.5. The summed E-state index contributed by atoms with van der Waals surface area (Å²) < 4.78 is 0. The van der Waals surface area contributed by atoms with Gasteiger partial charge in [-0.1, -0.05) is 11.6 Å². The highest BCUT2D eigenvalue weighted by Gasteiger charge is 2.24. The maximum absolute atomic E-state index is 10.8. The lowest BCUT2D eigenvalue weighted by Crippen LogP contribution is -2.47. The van der Waals surface area contributed by atoms with Crippen molar-refractivity contribution in [3.8, 4) is 0 Å². The van der Waals surface area contributed by atoms with E-state index in [-0.39, 0.29) is 5.69 Å². The summed E-state index contributed by atoms with van der Waals surface area (Å²) in [7, 11) is 2.18. The average molecular weight is 353 g/mol. The SMILES string of the molecule is CN1CCN(CC2CCN(c3ccc([N+](=O)[O-])cc3Cl)CC2)CC1. The van der Waals surface area contributed by atoms with Crippen molar-refractivity contribution in [1.82, 2.24) is 9.80 Å². The number of rotatable bonds is 4. The lowest BCUT2D eigenvalue weighted by atomic mass is 9.95. The van der Waals surface area contributed by atoms with E-state index in [1.165, 1.54) is 31.8 Å². The van der Waals surface area contributed by atoms with Gasteiger partial charge in [0, 0.05) is 57.9 Å². The van der Waals surface area contributed by atoms with Gasteiger partial charge in [0.1, 0.15) is 0 Å². The van der Waals surface area contributed by atoms with Crippen LogP contribution in [0.25, 0.3) is 0 Å². The second kappa shape index (κ2) is 7.68. The second-order valence-corrected chi connectivity index (χ2v) is 7.33. The van der Waals surface area contributed by atoms with Crippen molar-refractivity contribution in [2.75, 3.05) is 57.8 Å². The van der Waals surface area contributed by atoms with Crippen molar-refractivity contribution in [1.29, 1.82) is 0 Å². The molecule has 2 aliphatic rings. The van der Waals surface area contributed by atoms with Gasteiger partial charge in [-0.05, 0) is 31.9 Å². The Labute approximate surface area is 148 Å². The van der Waals surface area contributed by atoms with Crippen molar-refractivity contribution in [3.05, 3.63) is 33.3 Å². The molecule has 2 fully saturated rings. The summed E-state index contributed by atoms with van der Waals surface area (Å²) in [6.07, 6.45) is 2.30. The van der Waals surface area contributed by atoms with Crippen molar-refractivity contribution in [3.63, 3.8) is 0 Å². The number of piperazine rings is 1. The molecule has 6 nitrogen and oxygen atoms in total. The zero-order valence-corrected chi connectivity index (χ0v) is 14.9. The molecule has 24 heavy (non-hydrogen) atoms. The number of nitrogens with zero attached hydrogens (tertiary/aromatic N) is 4. The minimum absolute atomic E-state index is 0.0497. The van der Waals surface area contributed by atoms with Crippen LogP contribution >= 0.6 is 11.6 Å². The summed E-state index contributed by atoms with van der Waals surface area (Å²) in [5.41, 5.74) is 0.967. The summed E-state index contributed by atoms with van der Waals surface area (Å²) in [5, 5.41) is 11.3. The van der Waals surface area contributed by atoms with Crippen LogP contribution in [0.3, 0.4) is 0 Å². The number of hydrogen-bond acceptors (Lipinski definition) is 5. The normalized spacial score (nSPS) is 21.2. The number of hydrogen-bond donors (Lipinski definition) is 0. The van der Waals surface area contributed by atoms with Gasteiger partial charge >= 0.3 is 0 Å². The number of piperidine rings is 1. The third kappa shape index (κ3) is 4.18. The van der Waals surface area contributed by atoms with Crippen LogP contribution in [-0.2, 0) is 0 Å². The molecule has 7 heteroatoms. The fourth-order valence-electron chi connectivity index (χ4n) is 3.62. The topological polar surface area (TPSA) is 52.9 Å².